The summed E-state index contributed by atoms with van der Waals surface area (Å²) in [5.41, 5.74) is 1.02. The van der Waals surface area contributed by atoms with Gasteiger partial charge in [-0.2, -0.15) is 0 Å². The van der Waals surface area contributed by atoms with Gasteiger partial charge in [0, 0.05) is 5.21 Å². The normalized spacial score (nSPS) is 14.7. The summed E-state index contributed by atoms with van der Waals surface area (Å²) in [6.45, 7) is 0. The van der Waals surface area contributed by atoms with Crippen LogP contribution in [0.1, 0.15) is 0 Å². The molecule has 0 aliphatic heterocycles. The van der Waals surface area contributed by atoms with E-state index in [1.807, 2.05) is 14.1 Å². The van der Waals surface area contributed by atoms with Crippen molar-refractivity contribution in [2.24, 2.45) is 0 Å². The van der Waals surface area contributed by atoms with Crippen LogP contribution >= 0.6 is 7.81 Å². The predicted octanol–water partition coefficient (Wildman–Crippen LogP) is 2.60. The number of fused-ring (bicyclic) bond motifs is 1. The molecule has 6 nitrogen and oxygen atoms in total. The Morgan fingerprint density at radius 2 is 1.76 bits per heavy atom. The first-order chi connectivity index (χ1) is 9.13. The number of halogens is 6. The zero-order chi connectivity index (χ0) is 16.5. The summed E-state index contributed by atoms with van der Waals surface area (Å²) in [4.78, 5) is 4.45. The molecule has 2 aromatic rings. The first-order valence-corrected chi connectivity index (χ1v) is 7.17. The number of aromatic nitrogens is 4. The van der Waals surface area contributed by atoms with Crippen molar-refractivity contribution in [1.29, 1.82) is 0 Å². The molecule has 0 atom stereocenters. The van der Waals surface area contributed by atoms with E-state index in [4.69, 9.17) is 0 Å². The minimum atomic E-state index is -10.7. The Kier molecular flexibility index (Phi) is 3.67. The summed E-state index contributed by atoms with van der Waals surface area (Å²) in [6, 6.07) is 3.56. The first-order valence-electron chi connectivity index (χ1n) is 5.14. The van der Waals surface area contributed by atoms with Gasteiger partial charge >= 0.3 is 38.6 Å². The van der Waals surface area contributed by atoms with Crippen LogP contribution in [0, 0.1) is 5.21 Å². The van der Waals surface area contributed by atoms with Gasteiger partial charge < -0.3 is 5.21 Å². The second-order valence-electron chi connectivity index (χ2n) is 4.09. The summed E-state index contributed by atoms with van der Waals surface area (Å²) in [6.07, 6.45) is 3.27. The second-order valence-corrected chi connectivity index (χ2v) is 6.01. The minimum absolute atomic E-state index is 0.325. The van der Waals surface area contributed by atoms with Gasteiger partial charge in [-0.05, 0) is 12.1 Å². The van der Waals surface area contributed by atoms with Crippen molar-refractivity contribution >= 4 is 25.3 Å². The Morgan fingerprint density at radius 3 is 2.24 bits per heavy atom. The number of pyridine rings is 1. The van der Waals surface area contributed by atoms with Crippen molar-refractivity contribution in [1.82, 2.24) is 14.9 Å². The molecular weight excluding hydrogens is 327 g/mol. The van der Waals surface area contributed by atoms with E-state index in [-0.39, 0.29) is 0 Å². The Balaban J connectivity index is 0.000000270. The Bertz CT molecular complexity index is 678. The number of rotatable bonds is 1. The standard InChI is InChI=1S/C8H10N5O.F6P/c1-11(2)6-12-7-4-3-5-9-8(7)13(14)10-12;1-7(2,3,4,5)6/h3-6H,1-2H3;/q+1;-1. The van der Waals surface area contributed by atoms with Crippen LogP contribution in [0.3, 0.4) is 0 Å². The van der Waals surface area contributed by atoms with Gasteiger partial charge in [0.25, 0.3) is 0 Å². The Hall–Kier alpha value is -1.97. The van der Waals surface area contributed by atoms with Gasteiger partial charge in [-0.1, -0.05) is 4.68 Å². The van der Waals surface area contributed by atoms with Gasteiger partial charge in [0.1, 0.15) is 6.20 Å². The van der Waals surface area contributed by atoms with Crippen LogP contribution in [-0.2, 0) is 0 Å². The molecular formula is C8H10F6N5OP. The van der Waals surface area contributed by atoms with Crippen LogP contribution in [0.5, 0.6) is 0 Å². The van der Waals surface area contributed by atoms with Gasteiger partial charge in [-0.15, -0.1) is 9.83 Å². The quantitative estimate of drug-likeness (QED) is 0.201. The van der Waals surface area contributed by atoms with E-state index in [2.05, 4.69) is 10.2 Å². The zero-order valence-electron chi connectivity index (χ0n) is 10.7. The molecule has 0 saturated heterocycles. The topological polar surface area (TPSA) is 60.7 Å². The SMILES string of the molecule is C[N+](C)=Cn1n[n+]([O-])c2ncccc21.F[P-](F)(F)(F)(F)F. The Labute approximate surface area is 113 Å². The van der Waals surface area contributed by atoms with E-state index >= 15 is 0 Å². The molecule has 0 aliphatic carbocycles. The number of nitrogens with zero attached hydrogens (tertiary/aromatic N) is 5. The molecule has 0 N–H and O–H groups in total. The number of hydrogen-bond donors (Lipinski definition) is 0. The molecule has 2 aromatic heterocycles. The van der Waals surface area contributed by atoms with E-state index in [0.29, 0.717) is 16.0 Å². The molecule has 0 bridgehead atoms. The van der Waals surface area contributed by atoms with E-state index < -0.39 is 7.81 Å². The van der Waals surface area contributed by atoms with Crippen molar-refractivity contribution in [3.8, 4) is 0 Å². The molecule has 0 spiro atoms. The molecule has 0 unspecified atom stereocenters. The molecule has 0 aromatic carbocycles. The third-order valence-electron chi connectivity index (χ3n) is 1.71. The van der Waals surface area contributed by atoms with Gasteiger partial charge in [0.05, 0.1) is 14.1 Å². The molecule has 21 heavy (non-hydrogen) atoms. The van der Waals surface area contributed by atoms with Crippen molar-refractivity contribution in [2.45, 2.75) is 0 Å². The van der Waals surface area contributed by atoms with Crippen molar-refractivity contribution in [3.05, 3.63) is 23.5 Å². The van der Waals surface area contributed by atoms with Crippen LogP contribution in [-0.4, -0.2) is 39.9 Å². The zero-order valence-corrected chi connectivity index (χ0v) is 11.6. The van der Waals surface area contributed by atoms with Gasteiger partial charge in [0.2, 0.25) is 11.9 Å². The first kappa shape index (κ1) is 17.1. The molecule has 0 fully saturated rings. The van der Waals surface area contributed by atoms with E-state index in [9.17, 15) is 30.4 Å². The van der Waals surface area contributed by atoms with Crippen LogP contribution in [0.2, 0.25) is 0 Å². The van der Waals surface area contributed by atoms with Crippen LogP contribution in [0.15, 0.2) is 18.3 Å². The van der Waals surface area contributed by atoms with Gasteiger partial charge in [-0.25, -0.2) is 0 Å². The molecule has 2 heterocycles. The third kappa shape index (κ3) is 7.40. The monoisotopic (exact) mass is 337 g/mol. The van der Waals surface area contributed by atoms with Gasteiger partial charge in [-0.3, -0.25) is 4.58 Å². The average molecular weight is 337 g/mol. The number of hydrogen-bond acceptors (Lipinski definition) is 3. The molecule has 13 heteroatoms. The van der Waals surface area contributed by atoms with Crippen molar-refractivity contribution in [3.63, 3.8) is 0 Å². The van der Waals surface area contributed by atoms with E-state index in [1.54, 1.807) is 29.2 Å². The second kappa shape index (κ2) is 4.52. The molecule has 0 amide bonds. The average Bonchev–Trinajstić information content (AvgIpc) is 2.51. The molecule has 2 rings (SSSR count). The van der Waals surface area contributed by atoms with Crippen molar-refractivity contribution < 1.29 is 34.6 Å². The summed E-state index contributed by atoms with van der Waals surface area (Å²) < 4.78 is 62.5. The fourth-order valence-electron chi connectivity index (χ4n) is 1.20. The fourth-order valence-corrected chi connectivity index (χ4v) is 1.20. The van der Waals surface area contributed by atoms with Crippen LogP contribution in [0.4, 0.5) is 25.2 Å². The van der Waals surface area contributed by atoms with Gasteiger partial charge in [0.15, 0.2) is 0 Å². The van der Waals surface area contributed by atoms with Crippen LogP contribution < -0.4 is 4.85 Å². The summed E-state index contributed by atoms with van der Waals surface area (Å²) in [5, 5.41) is 15.0. The maximum atomic E-state index is 11.3. The molecule has 0 aliphatic rings. The molecule has 0 saturated carbocycles. The van der Waals surface area contributed by atoms with Crippen LogP contribution in [0.25, 0.3) is 11.2 Å². The van der Waals surface area contributed by atoms with E-state index in [0.717, 1.165) is 0 Å². The van der Waals surface area contributed by atoms with Crippen molar-refractivity contribution in [2.75, 3.05) is 14.1 Å². The molecule has 0 radical (unpaired) electrons. The van der Waals surface area contributed by atoms with E-state index in [1.165, 1.54) is 4.68 Å². The summed E-state index contributed by atoms with van der Waals surface area (Å²) >= 11 is 0. The maximum absolute atomic E-state index is 11.3. The third-order valence-corrected chi connectivity index (χ3v) is 1.71. The summed E-state index contributed by atoms with van der Waals surface area (Å²) in [5.74, 6) is 0. The Morgan fingerprint density at radius 1 is 1.24 bits per heavy atom. The predicted molar refractivity (Wildman–Crippen MR) is 63.6 cm³/mol. The summed E-state index contributed by atoms with van der Waals surface area (Å²) in [7, 11) is -6.94. The fraction of sp³-hybridized carbons (Fsp3) is 0.250. The molecule has 120 valence electrons.